The Balaban J connectivity index is 2.05. The molecule has 0 aromatic carbocycles. The van der Waals surface area contributed by atoms with Gasteiger partial charge in [0.2, 0.25) is 5.91 Å². The number of nitrogens with two attached hydrogens (primary N) is 3. The number of rotatable bonds is 7. The lowest BCUT2D eigenvalue weighted by Crippen LogP contribution is -2.65. The van der Waals surface area contributed by atoms with Crippen LogP contribution in [0, 0.1) is 11.8 Å². The van der Waals surface area contributed by atoms with Crippen LogP contribution in [0.3, 0.4) is 0 Å². The molecule has 2 aliphatic rings. The van der Waals surface area contributed by atoms with Gasteiger partial charge in [0.15, 0.2) is 0 Å². The molecular weight excluding hydrogens is 369 g/mol. The number of hydrogen-bond acceptors (Lipinski definition) is 8. The van der Waals surface area contributed by atoms with Crippen molar-refractivity contribution in [2.24, 2.45) is 29.0 Å². The van der Waals surface area contributed by atoms with Gasteiger partial charge >= 0.3 is 0 Å². The van der Waals surface area contributed by atoms with Gasteiger partial charge in [0.25, 0.3) is 0 Å². The third-order valence-corrected chi connectivity index (χ3v) is 5.72. The van der Waals surface area contributed by atoms with E-state index in [1.807, 2.05) is 6.92 Å². The van der Waals surface area contributed by atoms with Crippen LogP contribution in [0.25, 0.3) is 0 Å². The molecule has 0 aliphatic carbocycles. The molecule has 27 heavy (non-hydrogen) atoms. The van der Waals surface area contributed by atoms with Gasteiger partial charge in [-0.3, -0.25) is 15.4 Å². The molecule has 4 unspecified atom stereocenters. The van der Waals surface area contributed by atoms with Gasteiger partial charge in [-0.15, -0.1) is 0 Å². The zero-order valence-electron chi connectivity index (χ0n) is 16.1. The Hall–Kier alpha value is -0.750. The summed E-state index contributed by atoms with van der Waals surface area (Å²) < 4.78 is 13.3. The molecule has 8 nitrogen and oxygen atoms in total. The lowest BCUT2D eigenvalue weighted by molar-refractivity contribution is -0.127. The highest BCUT2D eigenvalue weighted by molar-refractivity contribution is 7.81. The maximum Gasteiger partial charge on any atom is 0.229 e. The maximum absolute atomic E-state index is 13.3. The molecule has 1 saturated heterocycles. The van der Waals surface area contributed by atoms with Crippen LogP contribution < -0.4 is 33.2 Å². The van der Waals surface area contributed by atoms with Crippen molar-refractivity contribution in [3.63, 3.8) is 0 Å². The number of likely N-dealkylation sites (N-methyl/N-ethyl adjacent to an activating group) is 1. The average Bonchev–Trinajstić information content (AvgIpc) is 2.58. The van der Waals surface area contributed by atoms with Crippen LogP contribution in [-0.2, 0) is 4.79 Å². The van der Waals surface area contributed by atoms with Crippen molar-refractivity contribution in [3.8, 4) is 0 Å². The lowest BCUT2D eigenvalue weighted by atomic mass is 9.87. The summed E-state index contributed by atoms with van der Waals surface area (Å²) in [5.41, 5.74) is 19.1. The van der Waals surface area contributed by atoms with E-state index in [1.165, 1.54) is 5.57 Å². The zero-order valence-corrected chi connectivity index (χ0v) is 17.0. The molecule has 0 spiro atoms. The van der Waals surface area contributed by atoms with Crippen LogP contribution in [0.4, 0.5) is 4.39 Å². The van der Waals surface area contributed by atoms with Gasteiger partial charge in [0.05, 0.1) is 23.6 Å². The highest BCUT2D eigenvalue weighted by Crippen LogP contribution is 2.26. The van der Waals surface area contributed by atoms with Crippen LogP contribution in [0.2, 0.25) is 0 Å². The average molecular weight is 404 g/mol. The number of amides is 1. The molecule has 1 fully saturated rings. The molecule has 2 rings (SSSR count). The number of alkyl halides is 1. The van der Waals surface area contributed by atoms with E-state index in [0.717, 1.165) is 19.5 Å². The summed E-state index contributed by atoms with van der Waals surface area (Å²) in [7, 11) is 2.06. The maximum atomic E-state index is 13.3. The Kier molecular flexibility index (Phi) is 8.47. The second-order valence-electron chi connectivity index (χ2n) is 7.62. The number of nitrogens with zero attached hydrogens (tertiary/aromatic N) is 1. The summed E-state index contributed by atoms with van der Waals surface area (Å²) in [6.45, 7) is 4.02. The molecule has 2 heterocycles. The molecule has 0 saturated carbocycles. The van der Waals surface area contributed by atoms with Crippen molar-refractivity contribution in [3.05, 3.63) is 11.6 Å². The fraction of sp³-hybridized carbons (Fsp3) is 0.824. The van der Waals surface area contributed by atoms with Crippen molar-refractivity contribution in [1.29, 1.82) is 0 Å². The van der Waals surface area contributed by atoms with Crippen LogP contribution in [-0.4, -0.2) is 74.0 Å². The Morgan fingerprint density at radius 1 is 1.37 bits per heavy atom. The van der Waals surface area contributed by atoms with Crippen LogP contribution >= 0.6 is 12.6 Å². The second kappa shape index (κ2) is 10.1. The summed E-state index contributed by atoms with van der Waals surface area (Å²) in [5, 5.41) is 8.35. The normalized spacial score (nSPS) is 29.0. The molecule has 2 aliphatic heterocycles. The minimum absolute atomic E-state index is 0.0943. The summed E-state index contributed by atoms with van der Waals surface area (Å²) in [6.07, 6.45) is 0.649. The first-order valence-electron chi connectivity index (χ1n) is 9.44. The Bertz CT molecular complexity index is 525. The third-order valence-electron chi connectivity index (χ3n) is 5.27. The summed E-state index contributed by atoms with van der Waals surface area (Å²) in [6, 6.07) is -0.175. The quantitative estimate of drug-likeness (QED) is 0.153. The number of carbonyl (C=O) groups is 1. The molecule has 9 N–H and O–H groups in total. The van der Waals surface area contributed by atoms with E-state index >= 15 is 0 Å². The molecule has 0 radical (unpaired) electrons. The van der Waals surface area contributed by atoms with Crippen molar-refractivity contribution in [2.75, 3.05) is 33.2 Å². The van der Waals surface area contributed by atoms with Gasteiger partial charge < -0.3 is 27.4 Å². The largest absolute Gasteiger partial charge is 0.343 e. The fourth-order valence-corrected chi connectivity index (χ4v) is 4.30. The van der Waals surface area contributed by atoms with E-state index in [0.29, 0.717) is 0 Å². The number of hydrogen-bond donors (Lipinski definition) is 7. The van der Waals surface area contributed by atoms with E-state index in [4.69, 9.17) is 17.2 Å². The van der Waals surface area contributed by atoms with Gasteiger partial charge in [-0.05, 0) is 20.4 Å². The molecule has 4 atom stereocenters. The van der Waals surface area contributed by atoms with E-state index in [1.54, 1.807) is 0 Å². The van der Waals surface area contributed by atoms with Gasteiger partial charge in [-0.25, -0.2) is 4.39 Å². The molecule has 1 amide bonds. The van der Waals surface area contributed by atoms with E-state index in [-0.39, 0.29) is 31.0 Å². The lowest BCUT2D eigenvalue weighted by Gasteiger charge is -2.37. The van der Waals surface area contributed by atoms with Crippen molar-refractivity contribution < 1.29 is 9.18 Å². The predicted molar refractivity (Wildman–Crippen MR) is 109 cm³/mol. The first-order chi connectivity index (χ1) is 12.7. The predicted octanol–water partition coefficient (Wildman–Crippen LogP) is -1.70. The van der Waals surface area contributed by atoms with Crippen LogP contribution in [0.1, 0.15) is 13.3 Å². The summed E-state index contributed by atoms with van der Waals surface area (Å²) in [4.78, 5) is 15.1. The first-order valence-corrected chi connectivity index (χ1v) is 9.95. The topological polar surface area (TPSA) is 134 Å². The fourth-order valence-electron chi connectivity index (χ4n) is 3.71. The van der Waals surface area contributed by atoms with Gasteiger partial charge in [-0.2, -0.15) is 12.6 Å². The van der Waals surface area contributed by atoms with E-state index in [2.05, 4.69) is 46.6 Å². The smallest absolute Gasteiger partial charge is 0.229 e. The van der Waals surface area contributed by atoms with Gasteiger partial charge in [0.1, 0.15) is 6.17 Å². The van der Waals surface area contributed by atoms with Crippen molar-refractivity contribution in [2.45, 2.75) is 43.3 Å². The van der Waals surface area contributed by atoms with E-state index in [9.17, 15) is 9.18 Å². The van der Waals surface area contributed by atoms with Crippen LogP contribution in [0.15, 0.2) is 11.6 Å². The number of nitrogens with one attached hydrogen (secondary N) is 3. The summed E-state index contributed by atoms with van der Waals surface area (Å²) >= 11 is 4.63. The summed E-state index contributed by atoms with van der Waals surface area (Å²) in [5.74, 6) is -1.18. The minimum atomic E-state index is -1.00. The molecule has 10 heteroatoms. The number of thiol groups is 1. The van der Waals surface area contributed by atoms with Gasteiger partial charge in [0, 0.05) is 38.1 Å². The minimum Gasteiger partial charge on any atom is -0.343 e. The Morgan fingerprint density at radius 2 is 2.00 bits per heavy atom. The van der Waals surface area contributed by atoms with Crippen molar-refractivity contribution >= 4 is 18.5 Å². The number of halogens is 1. The monoisotopic (exact) mass is 403 g/mol. The van der Waals surface area contributed by atoms with Crippen LogP contribution in [0.5, 0.6) is 0 Å². The molecule has 0 aromatic heterocycles. The first kappa shape index (κ1) is 22.5. The Labute approximate surface area is 166 Å². The standard InChI is InChI=1S/C17H34FN7OS/c1-9(19)12(10-3-5-25(2)6-4-10)17(27)24-16(26)13(14(20)21)15-22-7-11(18)8-23-15/h3,9,11-15,17,22-23,27H,4-8,19-21H2,1-2H3,(H,24,26). The zero-order chi connectivity index (χ0) is 20.1. The molecule has 156 valence electrons. The Morgan fingerprint density at radius 3 is 2.48 bits per heavy atom. The number of carbonyl (C=O) groups excluding carboxylic acids is 1. The second-order valence-corrected chi connectivity index (χ2v) is 8.18. The highest BCUT2D eigenvalue weighted by Gasteiger charge is 2.37. The van der Waals surface area contributed by atoms with E-state index < -0.39 is 29.8 Å². The van der Waals surface area contributed by atoms with Gasteiger partial charge in [-0.1, -0.05) is 11.6 Å². The highest BCUT2D eigenvalue weighted by atomic mass is 32.1. The molecule has 0 aromatic rings. The molecular formula is C17H34FN7OS. The van der Waals surface area contributed by atoms with Crippen molar-refractivity contribution in [1.82, 2.24) is 20.9 Å². The third kappa shape index (κ3) is 6.11. The molecule has 0 bridgehead atoms. The SMILES string of the molecule is CC(N)C(C1=CCN(C)CC1)C(S)NC(=O)C(C(N)N)C1NCC(F)CN1.